The Morgan fingerprint density at radius 2 is 1.78 bits per heavy atom. The van der Waals surface area contributed by atoms with Crippen LogP contribution in [0.25, 0.3) is 11.0 Å². The zero-order chi connectivity index (χ0) is 23.4. The second-order valence-electron chi connectivity index (χ2n) is 7.50. The normalized spacial score (nSPS) is 16.6. The summed E-state index contributed by atoms with van der Waals surface area (Å²) >= 11 is 0. The van der Waals surface area contributed by atoms with Crippen molar-refractivity contribution in [3.63, 3.8) is 0 Å². The zero-order valence-corrected chi connectivity index (χ0v) is 17.0. The fourth-order valence-corrected chi connectivity index (χ4v) is 3.37. The summed E-state index contributed by atoms with van der Waals surface area (Å²) in [5.41, 5.74) is 0.676. The van der Waals surface area contributed by atoms with Crippen LogP contribution in [0, 0.1) is 0 Å². The van der Waals surface area contributed by atoms with Gasteiger partial charge >= 0.3 is 12.4 Å². The summed E-state index contributed by atoms with van der Waals surface area (Å²) in [6, 6.07) is 4.28. The monoisotopic (exact) mass is 467 g/mol. The van der Waals surface area contributed by atoms with Gasteiger partial charge in [-0.15, -0.1) is 0 Å². The van der Waals surface area contributed by atoms with Crippen LogP contribution in [-0.2, 0) is 15.7 Å². The number of imidazole rings is 1. The molecule has 1 aromatic heterocycles. The van der Waals surface area contributed by atoms with E-state index in [4.69, 9.17) is 0 Å². The minimum atomic E-state index is -4.58. The first-order valence-electron chi connectivity index (χ1n) is 9.96. The lowest BCUT2D eigenvalue weighted by Crippen LogP contribution is -2.48. The summed E-state index contributed by atoms with van der Waals surface area (Å²) in [5.74, 6) is -1.39. The van der Waals surface area contributed by atoms with E-state index in [0.29, 0.717) is 44.8 Å². The van der Waals surface area contributed by atoms with E-state index < -0.39 is 24.8 Å². The van der Waals surface area contributed by atoms with Gasteiger partial charge in [0.05, 0.1) is 17.6 Å². The van der Waals surface area contributed by atoms with E-state index in [1.807, 2.05) is 4.90 Å². The number of ether oxygens (including phenoxy) is 1. The highest BCUT2D eigenvalue weighted by atomic mass is 19.4. The Labute approximate surface area is 179 Å². The summed E-state index contributed by atoms with van der Waals surface area (Å²) in [6.07, 6.45) is -8.41. The third kappa shape index (κ3) is 7.35. The predicted molar refractivity (Wildman–Crippen MR) is 104 cm³/mol. The molecular weight excluding hydrogens is 444 g/mol. The molecule has 0 saturated carbocycles. The maximum absolute atomic E-state index is 12.8. The minimum absolute atomic E-state index is 0.0350. The van der Waals surface area contributed by atoms with E-state index in [-0.39, 0.29) is 30.1 Å². The van der Waals surface area contributed by atoms with Crippen LogP contribution in [-0.4, -0.2) is 84.3 Å². The number of amides is 1. The standard InChI is InChI=1S/C19H23F6N5O2/c20-18(21,22)12-32-9-1-4-29-5-7-30(8-6-29)11-16(31)26-13-2-3-14-15(10-13)28-17(27-14)19(23,24)25/h2-3,10H,1,4-9,11-12H2,(H,26,31)(H,27,28). The first kappa shape index (κ1) is 24.3. The van der Waals surface area contributed by atoms with Gasteiger partial charge in [-0.25, -0.2) is 4.98 Å². The molecule has 1 aliphatic heterocycles. The van der Waals surface area contributed by atoms with Gasteiger partial charge in [0.25, 0.3) is 0 Å². The van der Waals surface area contributed by atoms with Crippen LogP contribution >= 0.6 is 0 Å². The highest BCUT2D eigenvalue weighted by molar-refractivity contribution is 5.94. The van der Waals surface area contributed by atoms with Crippen molar-refractivity contribution in [3.05, 3.63) is 24.0 Å². The summed E-state index contributed by atoms with van der Waals surface area (Å²) in [6.45, 7) is 2.11. The highest BCUT2D eigenvalue weighted by Gasteiger charge is 2.34. The average molecular weight is 467 g/mol. The number of nitrogens with zero attached hydrogens (tertiary/aromatic N) is 3. The minimum Gasteiger partial charge on any atom is -0.372 e. The zero-order valence-electron chi connectivity index (χ0n) is 17.0. The maximum Gasteiger partial charge on any atom is 0.449 e. The SMILES string of the molecule is O=C(CN1CCN(CCCOCC(F)(F)F)CC1)Nc1ccc2nc(C(F)(F)F)[nH]c2c1. The number of carbonyl (C=O) groups excluding carboxylic acids is 1. The molecule has 0 aliphatic carbocycles. The van der Waals surface area contributed by atoms with Crippen LogP contribution in [0.3, 0.4) is 0 Å². The fourth-order valence-electron chi connectivity index (χ4n) is 3.37. The van der Waals surface area contributed by atoms with Crippen molar-refractivity contribution < 1.29 is 35.9 Å². The van der Waals surface area contributed by atoms with Gasteiger partial charge in [0.2, 0.25) is 11.7 Å². The molecule has 1 aliphatic rings. The van der Waals surface area contributed by atoms with Crippen LogP contribution < -0.4 is 5.32 Å². The highest BCUT2D eigenvalue weighted by Crippen LogP contribution is 2.29. The Morgan fingerprint density at radius 1 is 1.09 bits per heavy atom. The number of aromatic amines is 1. The molecule has 1 aromatic carbocycles. The number of H-pyrrole nitrogens is 1. The molecule has 2 heterocycles. The van der Waals surface area contributed by atoms with E-state index in [1.54, 1.807) is 0 Å². The van der Waals surface area contributed by atoms with E-state index in [2.05, 4.69) is 24.9 Å². The van der Waals surface area contributed by atoms with E-state index in [9.17, 15) is 31.1 Å². The molecule has 7 nitrogen and oxygen atoms in total. The quantitative estimate of drug-likeness (QED) is 0.461. The van der Waals surface area contributed by atoms with Gasteiger partial charge in [0.15, 0.2) is 0 Å². The van der Waals surface area contributed by atoms with Crippen molar-refractivity contribution in [2.45, 2.75) is 18.8 Å². The van der Waals surface area contributed by atoms with Crippen molar-refractivity contribution in [2.24, 2.45) is 0 Å². The third-order valence-corrected chi connectivity index (χ3v) is 4.90. The number of hydrogen-bond donors (Lipinski definition) is 2. The molecule has 2 N–H and O–H groups in total. The second kappa shape index (κ2) is 10.0. The first-order valence-corrected chi connectivity index (χ1v) is 9.96. The molecule has 1 fully saturated rings. The number of carbonyl (C=O) groups is 1. The number of nitrogens with one attached hydrogen (secondary N) is 2. The van der Waals surface area contributed by atoms with Gasteiger partial charge in [0, 0.05) is 45.0 Å². The lowest BCUT2D eigenvalue weighted by molar-refractivity contribution is -0.174. The van der Waals surface area contributed by atoms with E-state index in [1.165, 1.54) is 18.2 Å². The summed E-state index contributed by atoms with van der Waals surface area (Å²) in [5, 5.41) is 2.67. The number of fused-ring (bicyclic) bond motifs is 1. The molecule has 3 rings (SSSR count). The van der Waals surface area contributed by atoms with Gasteiger partial charge in [-0.3, -0.25) is 9.69 Å². The molecule has 13 heteroatoms. The molecule has 0 atom stereocenters. The molecular formula is C19H23F6N5O2. The van der Waals surface area contributed by atoms with Gasteiger partial charge < -0.3 is 19.9 Å². The number of anilines is 1. The third-order valence-electron chi connectivity index (χ3n) is 4.90. The number of halogens is 6. The number of rotatable bonds is 8. The van der Waals surface area contributed by atoms with Crippen LogP contribution in [0.4, 0.5) is 32.0 Å². The Hall–Kier alpha value is -2.38. The molecule has 1 saturated heterocycles. The predicted octanol–water partition coefficient (Wildman–Crippen LogP) is 3.11. The number of benzene rings is 1. The summed E-state index contributed by atoms with van der Waals surface area (Å²) < 4.78 is 78.9. The fraction of sp³-hybridized carbons (Fsp3) is 0.579. The molecule has 0 unspecified atom stereocenters. The van der Waals surface area contributed by atoms with Gasteiger partial charge in [-0.1, -0.05) is 0 Å². The van der Waals surface area contributed by atoms with Crippen molar-refractivity contribution in [1.82, 2.24) is 19.8 Å². The largest absolute Gasteiger partial charge is 0.449 e. The molecule has 0 bridgehead atoms. The van der Waals surface area contributed by atoms with Crippen LogP contribution in [0.5, 0.6) is 0 Å². The number of piperazine rings is 1. The molecule has 0 radical (unpaired) electrons. The van der Waals surface area contributed by atoms with Gasteiger partial charge in [-0.2, -0.15) is 26.3 Å². The number of aromatic nitrogens is 2. The van der Waals surface area contributed by atoms with Crippen LogP contribution in [0.15, 0.2) is 18.2 Å². The van der Waals surface area contributed by atoms with Crippen molar-refractivity contribution in [3.8, 4) is 0 Å². The number of hydrogen-bond acceptors (Lipinski definition) is 5. The number of alkyl halides is 6. The van der Waals surface area contributed by atoms with Gasteiger partial charge in [0.1, 0.15) is 6.61 Å². The Kier molecular flexibility index (Phi) is 7.62. The Morgan fingerprint density at radius 3 is 2.44 bits per heavy atom. The van der Waals surface area contributed by atoms with E-state index >= 15 is 0 Å². The van der Waals surface area contributed by atoms with Crippen molar-refractivity contribution in [2.75, 3.05) is 57.8 Å². The van der Waals surface area contributed by atoms with Crippen LogP contribution in [0.2, 0.25) is 0 Å². The van der Waals surface area contributed by atoms with Crippen molar-refractivity contribution >= 4 is 22.6 Å². The molecule has 178 valence electrons. The van der Waals surface area contributed by atoms with Crippen LogP contribution in [0.1, 0.15) is 12.2 Å². The first-order chi connectivity index (χ1) is 15.0. The molecule has 2 aromatic rings. The Bertz CT molecular complexity index is 906. The van der Waals surface area contributed by atoms with E-state index in [0.717, 1.165) is 0 Å². The topological polar surface area (TPSA) is 73.5 Å². The molecule has 32 heavy (non-hydrogen) atoms. The smallest absolute Gasteiger partial charge is 0.372 e. The lowest BCUT2D eigenvalue weighted by atomic mass is 10.2. The molecule has 1 amide bonds. The molecule has 0 spiro atoms. The summed E-state index contributed by atoms with van der Waals surface area (Å²) in [4.78, 5) is 22.0. The lowest BCUT2D eigenvalue weighted by Gasteiger charge is -2.34. The van der Waals surface area contributed by atoms with Gasteiger partial charge in [-0.05, 0) is 24.6 Å². The average Bonchev–Trinajstić information content (AvgIpc) is 3.12. The summed E-state index contributed by atoms with van der Waals surface area (Å²) in [7, 11) is 0. The second-order valence-corrected chi connectivity index (χ2v) is 7.50. The Balaban J connectivity index is 1.39. The van der Waals surface area contributed by atoms with Crippen molar-refractivity contribution in [1.29, 1.82) is 0 Å². The maximum atomic E-state index is 12.8.